The van der Waals surface area contributed by atoms with Gasteiger partial charge in [-0.05, 0) is 49.2 Å². The Morgan fingerprint density at radius 1 is 1.25 bits per heavy atom. The molecule has 3 N–H and O–H groups in total. The Bertz CT molecular complexity index is 1110. The summed E-state index contributed by atoms with van der Waals surface area (Å²) in [5.41, 5.74) is 3.50. The van der Waals surface area contributed by atoms with Gasteiger partial charge in [0.1, 0.15) is 5.75 Å². The SMILES string of the molecule is CCNC(=O)c1cccc([C@H]2CC(O)CN2C(=O)c2ccc(-c3cn[nH]c3)c(OC)c2)c1. The molecule has 4 rings (SSSR count). The molecule has 0 bridgehead atoms. The van der Waals surface area contributed by atoms with Crippen LogP contribution in [0, 0.1) is 0 Å². The number of aliphatic hydroxyl groups excluding tert-OH is 1. The summed E-state index contributed by atoms with van der Waals surface area (Å²) in [4.78, 5) is 27.3. The summed E-state index contributed by atoms with van der Waals surface area (Å²) < 4.78 is 5.51. The molecule has 2 atom stereocenters. The number of likely N-dealkylation sites (tertiary alicyclic amines) is 1. The van der Waals surface area contributed by atoms with Crippen LogP contribution in [0.25, 0.3) is 11.1 Å². The van der Waals surface area contributed by atoms with E-state index < -0.39 is 6.10 Å². The number of β-amino-alcohol motifs (C(OH)–C–C–N with tert-alkyl or cyclic N) is 1. The van der Waals surface area contributed by atoms with Crippen molar-refractivity contribution in [3.05, 3.63) is 71.5 Å². The monoisotopic (exact) mass is 434 g/mol. The van der Waals surface area contributed by atoms with Gasteiger partial charge in [0.25, 0.3) is 11.8 Å². The molecule has 3 aromatic rings. The van der Waals surface area contributed by atoms with Crippen LogP contribution in [-0.4, -0.2) is 58.3 Å². The van der Waals surface area contributed by atoms with Crippen LogP contribution in [0.2, 0.25) is 0 Å². The minimum atomic E-state index is -0.635. The summed E-state index contributed by atoms with van der Waals surface area (Å²) in [6.45, 7) is 2.62. The maximum atomic E-state index is 13.4. The first-order chi connectivity index (χ1) is 15.5. The Hall–Kier alpha value is -3.65. The van der Waals surface area contributed by atoms with E-state index in [4.69, 9.17) is 4.74 Å². The van der Waals surface area contributed by atoms with Crippen LogP contribution in [0.1, 0.15) is 45.7 Å². The first-order valence-corrected chi connectivity index (χ1v) is 10.6. The summed E-state index contributed by atoms with van der Waals surface area (Å²) in [7, 11) is 1.56. The lowest BCUT2D eigenvalue weighted by Crippen LogP contribution is -2.32. The van der Waals surface area contributed by atoms with Gasteiger partial charge in [-0.1, -0.05) is 12.1 Å². The quantitative estimate of drug-likeness (QED) is 0.553. The summed E-state index contributed by atoms with van der Waals surface area (Å²) in [6.07, 6.45) is 3.22. The molecule has 1 saturated heterocycles. The van der Waals surface area contributed by atoms with Crippen LogP contribution in [0.4, 0.5) is 0 Å². The van der Waals surface area contributed by atoms with Crippen molar-refractivity contribution in [2.75, 3.05) is 20.2 Å². The highest BCUT2D eigenvalue weighted by Crippen LogP contribution is 2.36. The Kier molecular flexibility index (Phi) is 6.23. The standard InChI is InChI=1S/C24H26N4O4/c1-3-25-23(30)16-6-4-5-15(9-16)21-11-19(29)14-28(21)24(31)17-7-8-20(22(10-17)32-2)18-12-26-27-13-18/h4-10,12-13,19,21,29H,3,11,14H2,1-2H3,(H,25,30)(H,26,27)/t19?,21-/m1/s1. The number of hydrogen-bond donors (Lipinski definition) is 3. The van der Waals surface area contributed by atoms with E-state index in [9.17, 15) is 14.7 Å². The molecule has 8 nitrogen and oxygen atoms in total. The van der Waals surface area contributed by atoms with Crippen molar-refractivity contribution in [2.24, 2.45) is 0 Å². The van der Waals surface area contributed by atoms with E-state index in [1.807, 2.05) is 19.1 Å². The normalized spacial score (nSPS) is 17.9. The average Bonchev–Trinajstić information content (AvgIpc) is 3.48. The van der Waals surface area contributed by atoms with Crippen LogP contribution in [0.3, 0.4) is 0 Å². The third kappa shape index (κ3) is 4.22. The lowest BCUT2D eigenvalue weighted by molar-refractivity contribution is 0.0715. The topological polar surface area (TPSA) is 108 Å². The fourth-order valence-electron chi connectivity index (χ4n) is 4.13. The van der Waals surface area contributed by atoms with Gasteiger partial charge in [-0.15, -0.1) is 0 Å². The summed E-state index contributed by atoms with van der Waals surface area (Å²) in [5, 5.41) is 19.9. The Labute approximate surface area is 186 Å². The predicted octanol–water partition coefficient (Wildman–Crippen LogP) is 2.78. The van der Waals surface area contributed by atoms with Gasteiger partial charge in [0, 0.05) is 41.5 Å². The van der Waals surface area contributed by atoms with E-state index in [0.29, 0.717) is 29.8 Å². The Balaban J connectivity index is 1.63. The van der Waals surface area contributed by atoms with Gasteiger partial charge in [0.05, 0.1) is 25.5 Å². The van der Waals surface area contributed by atoms with Gasteiger partial charge >= 0.3 is 0 Å². The second-order valence-corrected chi connectivity index (χ2v) is 7.75. The van der Waals surface area contributed by atoms with E-state index >= 15 is 0 Å². The fourth-order valence-corrected chi connectivity index (χ4v) is 4.13. The number of nitrogens with zero attached hydrogens (tertiary/aromatic N) is 2. The largest absolute Gasteiger partial charge is 0.496 e. The molecule has 1 aliphatic heterocycles. The summed E-state index contributed by atoms with van der Waals surface area (Å²) >= 11 is 0. The molecule has 0 radical (unpaired) electrons. The number of carbonyl (C=O) groups is 2. The number of ether oxygens (including phenoxy) is 1. The molecular formula is C24H26N4O4. The maximum absolute atomic E-state index is 13.4. The number of benzene rings is 2. The lowest BCUT2D eigenvalue weighted by atomic mass is 10.00. The van der Waals surface area contributed by atoms with E-state index in [-0.39, 0.29) is 24.4 Å². The van der Waals surface area contributed by atoms with Crippen LogP contribution in [0.5, 0.6) is 5.75 Å². The molecule has 2 heterocycles. The molecule has 1 aromatic heterocycles. The third-order valence-electron chi connectivity index (χ3n) is 5.67. The molecule has 1 aliphatic rings. The first-order valence-electron chi connectivity index (χ1n) is 10.6. The molecule has 0 aliphatic carbocycles. The van der Waals surface area contributed by atoms with Crippen molar-refractivity contribution in [3.8, 4) is 16.9 Å². The number of aromatic amines is 1. The highest BCUT2D eigenvalue weighted by atomic mass is 16.5. The lowest BCUT2D eigenvalue weighted by Gasteiger charge is -2.25. The zero-order chi connectivity index (χ0) is 22.7. The van der Waals surface area contributed by atoms with Gasteiger partial charge in [0.15, 0.2) is 0 Å². The molecule has 1 fully saturated rings. The molecule has 2 amide bonds. The molecule has 0 saturated carbocycles. The van der Waals surface area contributed by atoms with Crippen molar-refractivity contribution in [1.29, 1.82) is 0 Å². The number of aliphatic hydroxyl groups is 1. The van der Waals surface area contributed by atoms with Gasteiger partial charge < -0.3 is 20.1 Å². The van der Waals surface area contributed by atoms with Gasteiger partial charge in [-0.3, -0.25) is 14.7 Å². The molecule has 166 valence electrons. The van der Waals surface area contributed by atoms with Gasteiger partial charge in [-0.25, -0.2) is 0 Å². The van der Waals surface area contributed by atoms with Crippen molar-refractivity contribution in [1.82, 2.24) is 20.4 Å². The number of hydrogen-bond acceptors (Lipinski definition) is 5. The van der Waals surface area contributed by atoms with Crippen molar-refractivity contribution >= 4 is 11.8 Å². The number of amides is 2. The molecular weight excluding hydrogens is 408 g/mol. The van der Waals surface area contributed by atoms with E-state index in [1.54, 1.807) is 54.7 Å². The number of H-pyrrole nitrogens is 1. The van der Waals surface area contributed by atoms with Crippen LogP contribution in [-0.2, 0) is 0 Å². The highest BCUT2D eigenvalue weighted by molar-refractivity contribution is 5.96. The predicted molar refractivity (Wildman–Crippen MR) is 119 cm³/mol. The second-order valence-electron chi connectivity index (χ2n) is 7.75. The maximum Gasteiger partial charge on any atom is 0.254 e. The number of methoxy groups -OCH3 is 1. The van der Waals surface area contributed by atoms with Crippen molar-refractivity contribution in [2.45, 2.75) is 25.5 Å². The average molecular weight is 434 g/mol. The van der Waals surface area contributed by atoms with Crippen molar-refractivity contribution < 1.29 is 19.4 Å². The van der Waals surface area contributed by atoms with E-state index in [1.165, 1.54) is 0 Å². The fraction of sp³-hybridized carbons (Fsp3) is 0.292. The number of nitrogens with one attached hydrogen (secondary N) is 2. The van der Waals surface area contributed by atoms with E-state index in [2.05, 4.69) is 15.5 Å². The van der Waals surface area contributed by atoms with Crippen LogP contribution in [0.15, 0.2) is 54.9 Å². The van der Waals surface area contributed by atoms with E-state index in [0.717, 1.165) is 16.7 Å². The van der Waals surface area contributed by atoms with Crippen LogP contribution < -0.4 is 10.1 Å². The minimum absolute atomic E-state index is 0.162. The van der Waals surface area contributed by atoms with Crippen LogP contribution >= 0.6 is 0 Å². The zero-order valence-electron chi connectivity index (χ0n) is 18.0. The summed E-state index contributed by atoms with van der Waals surface area (Å²) in [6, 6.07) is 12.2. The molecule has 8 heteroatoms. The molecule has 2 aromatic carbocycles. The first kappa shape index (κ1) is 21.6. The number of aromatic nitrogens is 2. The van der Waals surface area contributed by atoms with Gasteiger partial charge in [-0.2, -0.15) is 5.10 Å². The smallest absolute Gasteiger partial charge is 0.254 e. The number of carbonyl (C=O) groups excluding carboxylic acids is 2. The highest BCUT2D eigenvalue weighted by Gasteiger charge is 2.36. The second kappa shape index (κ2) is 9.23. The van der Waals surface area contributed by atoms with Gasteiger partial charge in [0.2, 0.25) is 0 Å². The Morgan fingerprint density at radius 3 is 2.81 bits per heavy atom. The minimum Gasteiger partial charge on any atom is -0.496 e. The number of rotatable bonds is 6. The molecule has 1 unspecified atom stereocenters. The summed E-state index contributed by atoms with van der Waals surface area (Å²) in [5.74, 6) is 0.198. The molecule has 32 heavy (non-hydrogen) atoms. The third-order valence-corrected chi connectivity index (χ3v) is 5.67. The molecule has 0 spiro atoms. The van der Waals surface area contributed by atoms with Crippen molar-refractivity contribution in [3.63, 3.8) is 0 Å². The zero-order valence-corrected chi connectivity index (χ0v) is 18.0. The Morgan fingerprint density at radius 2 is 2.09 bits per heavy atom.